The van der Waals surface area contributed by atoms with Crippen LogP contribution in [0.5, 0.6) is 0 Å². The van der Waals surface area contributed by atoms with E-state index in [9.17, 15) is 8.42 Å². The number of ether oxygens (including phenoxy) is 2. The number of para-hydroxylation sites is 2. The first-order valence-corrected chi connectivity index (χ1v) is 12.1. The third-order valence-corrected chi connectivity index (χ3v) is 7.42. The van der Waals surface area contributed by atoms with Crippen LogP contribution in [0.3, 0.4) is 0 Å². The fourth-order valence-electron chi connectivity index (χ4n) is 4.43. The summed E-state index contributed by atoms with van der Waals surface area (Å²) < 4.78 is 39.7. The maximum absolute atomic E-state index is 13.0. The SMILES string of the molecule is COCC1(C)CCN(c2ccccc2NS(=O)(=O)Cc2cccc3c2COC3)CC1. The minimum Gasteiger partial charge on any atom is -0.384 e. The van der Waals surface area contributed by atoms with Crippen molar-refractivity contribution >= 4 is 21.4 Å². The van der Waals surface area contributed by atoms with Crippen LogP contribution in [0.2, 0.25) is 0 Å². The Hall–Kier alpha value is -2.09. The molecule has 4 rings (SSSR count). The van der Waals surface area contributed by atoms with Crippen LogP contribution in [-0.2, 0) is 38.5 Å². The number of piperidine rings is 1. The molecule has 0 aliphatic carbocycles. The van der Waals surface area contributed by atoms with Crippen LogP contribution < -0.4 is 9.62 Å². The number of fused-ring (bicyclic) bond motifs is 1. The first-order chi connectivity index (χ1) is 14.4. The van der Waals surface area contributed by atoms with E-state index in [2.05, 4.69) is 16.5 Å². The maximum Gasteiger partial charge on any atom is 0.236 e. The van der Waals surface area contributed by atoms with E-state index in [4.69, 9.17) is 9.47 Å². The molecule has 0 aromatic heterocycles. The summed E-state index contributed by atoms with van der Waals surface area (Å²) >= 11 is 0. The van der Waals surface area contributed by atoms with Crippen molar-refractivity contribution in [3.05, 3.63) is 59.2 Å². The first kappa shape index (κ1) is 21.2. The summed E-state index contributed by atoms with van der Waals surface area (Å²) in [4.78, 5) is 2.27. The normalized spacial score (nSPS) is 18.3. The van der Waals surface area contributed by atoms with Gasteiger partial charge in [0, 0.05) is 20.2 Å². The van der Waals surface area contributed by atoms with Gasteiger partial charge in [-0.25, -0.2) is 8.42 Å². The van der Waals surface area contributed by atoms with Gasteiger partial charge in [0.2, 0.25) is 10.0 Å². The number of sulfonamides is 1. The standard InChI is InChI=1S/C23H30N2O4S/c1-23(17-28-2)10-12-25(13-11-23)22-9-4-3-8-21(22)24-30(26,27)16-19-7-5-6-18-14-29-15-20(18)19/h3-9,24H,10-17H2,1-2H3. The van der Waals surface area contributed by atoms with Crippen molar-refractivity contribution in [1.29, 1.82) is 0 Å². The molecule has 2 aromatic rings. The molecule has 1 N–H and O–H groups in total. The molecular weight excluding hydrogens is 400 g/mol. The van der Waals surface area contributed by atoms with Gasteiger partial charge in [-0.05, 0) is 47.1 Å². The Morgan fingerprint density at radius 3 is 2.63 bits per heavy atom. The maximum atomic E-state index is 13.0. The zero-order chi connectivity index (χ0) is 21.2. The van der Waals surface area contributed by atoms with Gasteiger partial charge in [0.15, 0.2) is 0 Å². The molecule has 0 spiro atoms. The van der Waals surface area contributed by atoms with Crippen LogP contribution in [0, 0.1) is 5.41 Å². The van der Waals surface area contributed by atoms with Crippen molar-refractivity contribution < 1.29 is 17.9 Å². The summed E-state index contributed by atoms with van der Waals surface area (Å²) in [6.45, 7) is 5.79. The lowest BCUT2D eigenvalue weighted by molar-refractivity contribution is 0.0731. The summed E-state index contributed by atoms with van der Waals surface area (Å²) in [5.41, 5.74) is 4.64. The molecular formula is C23H30N2O4S. The predicted molar refractivity (Wildman–Crippen MR) is 119 cm³/mol. The number of rotatable bonds is 7. The van der Waals surface area contributed by atoms with Gasteiger partial charge in [0.1, 0.15) is 0 Å². The summed E-state index contributed by atoms with van der Waals surface area (Å²) in [6, 6.07) is 13.4. The fraction of sp³-hybridized carbons (Fsp3) is 0.478. The molecule has 30 heavy (non-hydrogen) atoms. The lowest BCUT2D eigenvalue weighted by Gasteiger charge is -2.40. The zero-order valence-electron chi connectivity index (χ0n) is 17.7. The van der Waals surface area contributed by atoms with E-state index < -0.39 is 10.0 Å². The Morgan fingerprint density at radius 2 is 1.87 bits per heavy atom. The van der Waals surface area contributed by atoms with Crippen molar-refractivity contribution in [2.24, 2.45) is 5.41 Å². The largest absolute Gasteiger partial charge is 0.384 e. The Morgan fingerprint density at radius 1 is 1.10 bits per heavy atom. The number of nitrogens with zero attached hydrogens (tertiary/aromatic N) is 1. The third-order valence-electron chi connectivity index (χ3n) is 6.19. The van der Waals surface area contributed by atoms with Gasteiger partial charge in [-0.3, -0.25) is 4.72 Å². The van der Waals surface area contributed by atoms with Gasteiger partial charge in [-0.15, -0.1) is 0 Å². The highest BCUT2D eigenvalue weighted by Gasteiger charge is 2.31. The highest BCUT2D eigenvalue weighted by Crippen LogP contribution is 2.36. The van der Waals surface area contributed by atoms with Crippen molar-refractivity contribution in [3.8, 4) is 0 Å². The average Bonchev–Trinajstić information content (AvgIpc) is 3.19. The topological polar surface area (TPSA) is 67.9 Å². The van der Waals surface area contributed by atoms with Crippen LogP contribution in [0.1, 0.15) is 36.5 Å². The van der Waals surface area contributed by atoms with Gasteiger partial charge >= 0.3 is 0 Å². The molecule has 0 unspecified atom stereocenters. The molecule has 0 saturated carbocycles. The fourth-order valence-corrected chi connectivity index (χ4v) is 5.69. The zero-order valence-corrected chi connectivity index (χ0v) is 18.5. The van der Waals surface area contributed by atoms with Crippen molar-refractivity contribution in [2.45, 2.75) is 38.7 Å². The van der Waals surface area contributed by atoms with Gasteiger partial charge < -0.3 is 14.4 Å². The van der Waals surface area contributed by atoms with Crippen LogP contribution in [0.4, 0.5) is 11.4 Å². The van der Waals surface area contributed by atoms with Crippen LogP contribution >= 0.6 is 0 Å². The van der Waals surface area contributed by atoms with E-state index in [1.807, 2.05) is 42.5 Å². The Kier molecular flexibility index (Phi) is 6.04. The highest BCUT2D eigenvalue weighted by atomic mass is 32.2. The van der Waals surface area contributed by atoms with Crippen LogP contribution in [-0.4, -0.2) is 35.2 Å². The summed E-state index contributed by atoms with van der Waals surface area (Å²) in [5, 5.41) is 0. The molecule has 2 aliphatic heterocycles. The lowest BCUT2D eigenvalue weighted by Crippen LogP contribution is -2.41. The molecule has 1 saturated heterocycles. The second-order valence-corrected chi connectivity index (χ2v) is 10.4. The summed E-state index contributed by atoms with van der Waals surface area (Å²) in [5.74, 6) is -0.0558. The molecule has 7 heteroatoms. The van der Waals surface area contributed by atoms with Crippen molar-refractivity contribution in [1.82, 2.24) is 0 Å². The van der Waals surface area contributed by atoms with Crippen molar-refractivity contribution in [2.75, 3.05) is 36.4 Å². The third kappa shape index (κ3) is 4.63. The molecule has 0 bridgehead atoms. The van der Waals surface area contributed by atoms with Gasteiger partial charge in [0.25, 0.3) is 0 Å². The van der Waals surface area contributed by atoms with E-state index in [1.54, 1.807) is 7.11 Å². The van der Waals surface area contributed by atoms with Crippen LogP contribution in [0.25, 0.3) is 0 Å². The van der Waals surface area contributed by atoms with Crippen molar-refractivity contribution in [3.63, 3.8) is 0 Å². The molecule has 1 fully saturated rings. The number of nitrogens with one attached hydrogen (secondary N) is 1. The minimum absolute atomic E-state index is 0.0558. The molecule has 0 radical (unpaired) electrons. The lowest BCUT2D eigenvalue weighted by atomic mass is 9.81. The number of hydrogen-bond donors (Lipinski definition) is 1. The van der Waals surface area contributed by atoms with Gasteiger partial charge in [-0.2, -0.15) is 0 Å². The Balaban J connectivity index is 1.50. The molecule has 162 valence electrons. The Labute approximate surface area is 179 Å². The molecule has 6 nitrogen and oxygen atoms in total. The number of anilines is 2. The predicted octanol–water partition coefficient (Wildman–Crippen LogP) is 3.91. The van der Waals surface area contributed by atoms with E-state index >= 15 is 0 Å². The number of hydrogen-bond acceptors (Lipinski definition) is 5. The quantitative estimate of drug-likeness (QED) is 0.721. The number of benzene rings is 2. The second kappa shape index (κ2) is 8.57. The molecule has 2 aromatic carbocycles. The van der Waals surface area contributed by atoms with Gasteiger partial charge in [-0.1, -0.05) is 37.3 Å². The average molecular weight is 431 g/mol. The van der Waals surface area contributed by atoms with E-state index in [0.29, 0.717) is 18.9 Å². The molecule has 0 atom stereocenters. The smallest absolute Gasteiger partial charge is 0.236 e. The Bertz CT molecular complexity index is 998. The van der Waals surface area contributed by atoms with Gasteiger partial charge in [0.05, 0.1) is 36.9 Å². The highest BCUT2D eigenvalue weighted by molar-refractivity contribution is 7.91. The van der Waals surface area contributed by atoms with E-state index in [0.717, 1.165) is 54.9 Å². The molecule has 2 aliphatic rings. The van der Waals surface area contributed by atoms with Crippen LogP contribution in [0.15, 0.2) is 42.5 Å². The summed E-state index contributed by atoms with van der Waals surface area (Å²) in [6.07, 6.45) is 2.02. The second-order valence-electron chi connectivity index (χ2n) is 8.66. The summed E-state index contributed by atoms with van der Waals surface area (Å²) in [7, 11) is -1.81. The van der Waals surface area contributed by atoms with E-state index in [-0.39, 0.29) is 11.2 Å². The first-order valence-electron chi connectivity index (χ1n) is 10.4. The molecule has 2 heterocycles. The number of methoxy groups -OCH3 is 1. The molecule has 0 amide bonds. The monoisotopic (exact) mass is 430 g/mol. The minimum atomic E-state index is -3.55. The van der Waals surface area contributed by atoms with E-state index in [1.165, 1.54) is 0 Å².